The molecule has 1 fully saturated rings. The maximum atomic E-state index is 13.2. The third-order valence-electron chi connectivity index (χ3n) is 5.80. The number of methoxy groups -OCH3 is 1. The van der Waals surface area contributed by atoms with Crippen molar-refractivity contribution in [3.05, 3.63) is 48.0 Å². The molecule has 174 valence electrons. The summed E-state index contributed by atoms with van der Waals surface area (Å²) in [7, 11) is -2.01. The van der Waals surface area contributed by atoms with Gasteiger partial charge in [-0.15, -0.1) is 0 Å². The number of rotatable bonds is 9. The van der Waals surface area contributed by atoms with Crippen molar-refractivity contribution in [2.24, 2.45) is 0 Å². The van der Waals surface area contributed by atoms with Crippen molar-refractivity contribution in [2.75, 3.05) is 43.5 Å². The molecule has 8 heteroatoms. The van der Waals surface area contributed by atoms with Crippen LogP contribution in [0.3, 0.4) is 0 Å². The highest BCUT2D eigenvalue weighted by molar-refractivity contribution is 7.89. The lowest BCUT2D eigenvalue weighted by molar-refractivity contribution is -0.115. The largest absolute Gasteiger partial charge is 0.497 e. The Balaban J connectivity index is 1.90. The van der Waals surface area contributed by atoms with Gasteiger partial charge in [-0.1, -0.05) is 18.6 Å². The van der Waals surface area contributed by atoms with Crippen molar-refractivity contribution in [3.63, 3.8) is 0 Å². The number of nitrogens with zero attached hydrogens (tertiary/aromatic N) is 2. The van der Waals surface area contributed by atoms with E-state index in [1.807, 2.05) is 38.1 Å². The summed E-state index contributed by atoms with van der Waals surface area (Å²) < 4.78 is 33.2. The monoisotopic (exact) mass is 459 g/mol. The molecular formula is C24H33N3O4S. The summed E-state index contributed by atoms with van der Waals surface area (Å²) in [5, 5.41) is 2.96. The van der Waals surface area contributed by atoms with Gasteiger partial charge in [-0.25, -0.2) is 8.42 Å². The molecule has 2 aromatic carbocycles. The number of ether oxygens (including phenoxy) is 1. The fourth-order valence-electron chi connectivity index (χ4n) is 4.03. The van der Waals surface area contributed by atoms with Gasteiger partial charge in [-0.2, -0.15) is 4.31 Å². The summed E-state index contributed by atoms with van der Waals surface area (Å²) in [4.78, 5) is 15.2. The second-order valence-corrected chi connectivity index (χ2v) is 9.83. The van der Waals surface area contributed by atoms with Crippen LogP contribution in [0.25, 0.3) is 0 Å². The first-order valence-corrected chi connectivity index (χ1v) is 12.6. The quantitative estimate of drug-likeness (QED) is 0.615. The lowest BCUT2D eigenvalue weighted by atomic mass is 10.1. The molecule has 0 aliphatic carbocycles. The molecule has 0 atom stereocenters. The van der Waals surface area contributed by atoms with Crippen molar-refractivity contribution >= 4 is 27.3 Å². The second kappa shape index (κ2) is 10.8. The maximum Gasteiger partial charge on any atom is 0.243 e. The minimum absolute atomic E-state index is 0.165. The number of sulfonamides is 1. The van der Waals surface area contributed by atoms with Gasteiger partial charge in [0, 0.05) is 26.2 Å². The van der Waals surface area contributed by atoms with E-state index >= 15 is 0 Å². The van der Waals surface area contributed by atoms with Gasteiger partial charge >= 0.3 is 0 Å². The average molecular weight is 460 g/mol. The Morgan fingerprint density at radius 3 is 2.44 bits per heavy atom. The molecule has 0 radical (unpaired) electrons. The number of piperidine rings is 1. The first kappa shape index (κ1) is 24.1. The van der Waals surface area contributed by atoms with E-state index in [1.54, 1.807) is 29.6 Å². The van der Waals surface area contributed by atoms with Crippen molar-refractivity contribution in [1.82, 2.24) is 4.31 Å². The summed E-state index contributed by atoms with van der Waals surface area (Å²) >= 11 is 0. The van der Waals surface area contributed by atoms with Gasteiger partial charge in [-0.05, 0) is 62.6 Å². The van der Waals surface area contributed by atoms with Crippen LogP contribution < -0.4 is 15.0 Å². The summed E-state index contributed by atoms with van der Waals surface area (Å²) in [5.41, 5.74) is 2.15. The van der Waals surface area contributed by atoms with Crippen LogP contribution in [0.5, 0.6) is 5.75 Å². The van der Waals surface area contributed by atoms with Crippen LogP contribution in [-0.4, -0.2) is 51.9 Å². The maximum absolute atomic E-state index is 13.2. The fraction of sp³-hybridized carbons (Fsp3) is 0.458. The second-order valence-electron chi connectivity index (χ2n) is 7.89. The van der Waals surface area contributed by atoms with Crippen molar-refractivity contribution in [3.8, 4) is 5.75 Å². The lowest BCUT2D eigenvalue weighted by Gasteiger charge is -2.28. The number of nitrogens with one attached hydrogen (secondary N) is 1. The molecule has 1 N–H and O–H groups in total. The number of amides is 1. The number of hydrogen-bond donors (Lipinski definition) is 1. The number of carbonyl (C=O) groups excluding carboxylic acids is 1. The normalized spacial score (nSPS) is 14.7. The van der Waals surface area contributed by atoms with Gasteiger partial charge in [0.15, 0.2) is 0 Å². The Hall–Kier alpha value is -2.58. The minimum atomic E-state index is -3.60. The van der Waals surface area contributed by atoms with E-state index in [1.165, 1.54) is 0 Å². The van der Waals surface area contributed by atoms with E-state index in [4.69, 9.17) is 4.74 Å². The van der Waals surface area contributed by atoms with Gasteiger partial charge in [0.2, 0.25) is 15.9 Å². The molecule has 0 aromatic heterocycles. The van der Waals surface area contributed by atoms with E-state index in [2.05, 4.69) is 10.2 Å². The van der Waals surface area contributed by atoms with Crippen LogP contribution in [0, 0.1) is 0 Å². The molecule has 2 aromatic rings. The number of hydrogen-bond acceptors (Lipinski definition) is 5. The summed E-state index contributed by atoms with van der Waals surface area (Å²) in [6.45, 7) is 6.63. The molecule has 7 nitrogen and oxygen atoms in total. The van der Waals surface area contributed by atoms with E-state index in [9.17, 15) is 13.2 Å². The highest BCUT2D eigenvalue weighted by Crippen LogP contribution is 2.31. The highest BCUT2D eigenvalue weighted by Gasteiger charge is 2.27. The van der Waals surface area contributed by atoms with Crippen molar-refractivity contribution in [1.29, 1.82) is 0 Å². The third-order valence-corrected chi connectivity index (χ3v) is 7.69. The topological polar surface area (TPSA) is 79.0 Å². The van der Waals surface area contributed by atoms with Gasteiger partial charge in [-0.3, -0.25) is 4.79 Å². The number of anilines is 2. The molecule has 1 amide bonds. The van der Waals surface area contributed by atoms with Gasteiger partial charge in [0.05, 0.1) is 29.8 Å². The molecule has 3 rings (SSSR count). The first-order valence-electron chi connectivity index (χ1n) is 11.2. The van der Waals surface area contributed by atoms with Crippen LogP contribution >= 0.6 is 0 Å². The Morgan fingerprint density at radius 2 is 1.78 bits per heavy atom. The smallest absolute Gasteiger partial charge is 0.243 e. The van der Waals surface area contributed by atoms with Gasteiger partial charge < -0.3 is 15.0 Å². The number of carbonyl (C=O) groups is 1. The first-order chi connectivity index (χ1) is 15.4. The summed E-state index contributed by atoms with van der Waals surface area (Å²) in [6.07, 6.45) is 2.97. The molecule has 0 unspecified atom stereocenters. The standard InChI is InChI=1S/C24H33N3O4S/c1-4-26(5-2)23-13-12-21(32(29,30)27-14-7-6-8-15-27)18-22(23)25-24(28)17-19-10-9-11-20(16-19)31-3/h9-13,16,18H,4-8,14-15,17H2,1-3H3,(H,25,28). The van der Waals surface area contributed by atoms with Crippen LogP contribution in [0.2, 0.25) is 0 Å². The van der Waals surface area contributed by atoms with Crippen LogP contribution in [0.15, 0.2) is 47.4 Å². The zero-order valence-electron chi connectivity index (χ0n) is 19.1. The molecule has 0 saturated carbocycles. The predicted molar refractivity (Wildman–Crippen MR) is 128 cm³/mol. The molecule has 1 saturated heterocycles. The molecule has 1 aliphatic heterocycles. The van der Waals surface area contributed by atoms with Crippen molar-refractivity contribution < 1.29 is 17.9 Å². The highest BCUT2D eigenvalue weighted by atomic mass is 32.2. The minimum Gasteiger partial charge on any atom is -0.497 e. The molecule has 0 spiro atoms. The lowest BCUT2D eigenvalue weighted by Crippen LogP contribution is -2.35. The predicted octanol–water partition coefficient (Wildman–Crippen LogP) is 3.90. The Morgan fingerprint density at radius 1 is 1.06 bits per heavy atom. The summed E-state index contributed by atoms with van der Waals surface area (Å²) in [6, 6.07) is 12.4. The van der Waals surface area contributed by atoms with E-state index < -0.39 is 10.0 Å². The van der Waals surface area contributed by atoms with Crippen LogP contribution in [-0.2, 0) is 21.2 Å². The van der Waals surface area contributed by atoms with Crippen molar-refractivity contribution in [2.45, 2.75) is 44.4 Å². The Kier molecular flexibility index (Phi) is 8.15. The van der Waals surface area contributed by atoms with Crippen LogP contribution in [0.4, 0.5) is 11.4 Å². The molecule has 1 heterocycles. The van der Waals surface area contributed by atoms with Crippen LogP contribution in [0.1, 0.15) is 38.7 Å². The Labute approximate surface area is 191 Å². The SMILES string of the molecule is CCN(CC)c1ccc(S(=O)(=O)N2CCCCC2)cc1NC(=O)Cc1cccc(OC)c1. The molecule has 0 bridgehead atoms. The zero-order valence-corrected chi connectivity index (χ0v) is 20.0. The molecule has 32 heavy (non-hydrogen) atoms. The molecular weight excluding hydrogens is 426 g/mol. The zero-order chi connectivity index (χ0) is 23.1. The van der Waals surface area contributed by atoms with E-state index in [0.717, 1.165) is 43.6 Å². The van der Waals surface area contributed by atoms with Gasteiger partial charge in [0.25, 0.3) is 0 Å². The van der Waals surface area contributed by atoms with E-state index in [0.29, 0.717) is 24.5 Å². The Bertz CT molecular complexity index is 1030. The number of benzene rings is 2. The summed E-state index contributed by atoms with van der Waals surface area (Å²) in [5.74, 6) is 0.480. The van der Waals surface area contributed by atoms with Gasteiger partial charge in [0.1, 0.15) is 5.75 Å². The average Bonchev–Trinajstić information content (AvgIpc) is 2.81. The third kappa shape index (κ3) is 5.61. The fourth-order valence-corrected chi connectivity index (χ4v) is 5.58. The molecule has 1 aliphatic rings. The van der Waals surface area contributed by atoms with E-state index in [-0.39, 0.29) is 17.2 Å².